The molecule has 100 valence electrons. The van der Waals surface area contributed by atoms with E-state index >= 15 is 0 Å². The minimum Gasteiger partial charge on any atom is -0.486 e. The van der Waals surface area contributed by atoms with Crippen molar-refractivity contribution < 1.29 is 14.6 Å². The van der Waals surface area contributed by atoms with Crippen molar-refractivity contribution in [1.29, 1.82) is 0 Å². The highest BCUT2D eigenvalue weighted by atomic mass is 16.6. The SMILES string of the molecule is C=C/C=C1/OC(CO)CO/C1=C/C.CC.CC. The molecule has 0 saturated carbocycles. The van der Waals surface area contributed by atoms with Crippen LogP contribution < -0.4 is 0 Å². The monoisotopic (exact) mass is 242 g/mol. The summed E-state index contributed by atoms with van der Waals surface area (Å²) in [5, 5.41) is 8.86. The Kier molecular flexibility index (Phi) is 13.7. The maximum Gasteiger partial charge on any atom is 0.161 e. The topological polar surface area (TPSA) is 38.7 Å². The lowest BCUT2D eigenvalue weighted by atomic mass is 10.3. The molecule has 1 saturated heterocycles. The lowest BCUT2D eigenvalue weighted by Gasteiger charge is -2.26. The van der Waals surface area contributed by atoms with Crippen molar-refractivity contribution in [3.05, 3.63) is 36.3 Å². The molecule has 1 aliphatic heterocycles. The highest BCUT2D eigenvalue weighted by molar-refractivity contribution is 5.24. The average Bonchev–Trinajstić information content (AvgIpc) is 2.43. The van der Waals surface area contributed by atoms with E-state index in [1.807, 2.05) is 40.7 Å². The molecule has 0 aliphatic carbocycles. The highest BCUT2D eigenvalue weighted by Crippen LogP contribution is 2.21. The van der Waals surface area contributed by atoms with Crippen molar-refractivity contribution in [3.8, 4) is 0 Å². The van der Waals surface area contributed by atoms with Gasteiger partial charge in [0.25, 0.3) is 0 Å². The summed E-state index contributed by atoms with van der Waals surface area (Å²) >= 11 is 0. The molecule has 1 fully saturated rings. The molecule has 0 radical (unpaired) electrons. The molecule has 0 amide bonds. The molecule has 1 rings (SSSR count). The molecule has 1 unspecified atom stereocenters. The van der Waals surface area contributed by atoms with E-state index in [9.17, 15) is 0 Å². The molecule has 1 heterocycles. The number of ether oxygens (including phenoxy) is 2. The van der Waals surface area contributed by atoms with Crippen molar-refractivity contribution in [2.45, 2.75) is 40.7 Å². The fourth-order valence-electron chi connectivity index (χ4n) is 1.07. The van der Waals surface area contributed by atoms with Gasteiger partial charge in [-0.3, -0.25) is 0 Å². The zero-order valence-corrected chi connectivity index (χ0v) is 11.7. The van der Waals surface area contributed by atoms with E-state index in [0.717, 1.165) is 0 Å². The third kappa shape index (κ3) is 6.84. The Bertz CT molecular complexity index is 242. The summed E-state index contributed by atoms with van der Waals surface area (Å²) in [5.74, 6) is 1.33. The summed E-state index contributed by atoms with van der Waals surface area (Å²) in [5.41, 5.74) is 0. The fraction of sp³-hybridized carbons (Fsp3) is 0.571. The van der Waals surface area contributed by atoms with Crippen LogP contribution in [0.1, 0.15) is 34.6 Å². The molecule has 3 nitrogen and oxygen atoms in total. The van der Waals surface area contributed by atoms with E-state index in [0.29, 0.717) is 18.1 Å². The molecule has 0 bridgehead atoms. The molecular formula is C14H26O3. The summed E-state index contributed by atoms with van der Waals surface area (Å²) in [7, 11) is 0. The van der Waals surface area contributed by atoms with Gasteiger partial charge < -0.3 is 14.6 Å². The van der Waals surface area contributed by atoms with Crippen molar-refractivity contribution in [2.75, 3.05) is 13.2 Å². The van der Waals surface area contributed by atoms with Gasteiger partial charge in [-0.15, -0.1) is 0 Å². The van der Waals surface area contributed by atoms with Gasteiger partial charge in [-0.2, -0.15) is 0 Å². The van der Waals surface area contributed by atoms with Crippen molar-refractivity contribution in [3.63, 3.8) is 0 Å². The summed E-state index contributed by atoms with van der Waals surface area (Å²) in [4.78, 5) is 0. The molecule has 3 heteroatoms. The van der Waals surface area contributed by atoms with Crippen molar-refractivity contribution in [1.82, 2.24) is 0 Å². The second kappa shape index (κ2) is 12.8. The molecule has 0 spiro atoms. The number of rotatable bonds is 2. The van der Waals surface area contributed by atoms with E-state index in [4.69, 9.17) is 14.6 Å². The normalized spacial score (nSPS) is 22.4. The first kappa shape index (κ1) is 18.2. The van der Waals surface area contributed by atoms with Crippen LogP contribution in [-0.2, 0) is 9.47 Å². The third-order valence-corrected chi connectivity index (χ3v) is 1.70. The molecule has 0 aromatic rings. The van der Waals surface area contributed by atoms with E-state index in [-0.39, 0.29) is 12.7 Å². The first-order valence-corrected chi connectivity index (χ1v) is 6.21. The lowest BCUT2D eigenvalue weighted by molar-refractivity contribution is -0.0339. The Labute approximate surface area is 105 Å². The molecule has 1 atom stereocenters. The minimum atomic E-state index is -0.269. The van der Waals surface area contributed by atoms with Crippen LogP contribution in [0.3, 0.4) is 0 Å². The summed E-state index contributed by atoms with van der Waals surface area (Å²) in [6.07, 6.45) is 4.90. The highest BCUT2D eigenvalue weighted by Gasteiger charge is 2.21. The molecule has 0 aromatic carbocycles. The third-order valence-electron chi connectivity index (χ3n) is 1.70. The van der Waals surface area contributed by atoms with Crippen LogP contribution in [0.5, 0.6) is 0 Å². The van der Waals surface area contributed by atoms with Crippen LogP contribution in [0, 0.1) is 0 Å². The standard InChI is InChI=1S/C10H14O3.2C2H6/c1-3-5-10-9(4-2)12-7-8(6-11)13-10;2*1-2/h3-5,8,11H,1,6-7H2,2H3;2*1-2H3/b9-4+,10-5+;;. The van der Waals surface area contributed by atoms with Crippen molar-refractivity contribution in [2.24, 2.45) is 0 Å². The van der Waals surface area contributed by atoms with E-state index < -0.39 is 0 Å². The molecule has 1 N–H and O–H groups in total. The van der Waals surface area contributed by atoms with E-state index in [1.54, 1.807) is 12.2 Å². The minimum absolute atomic E-state index is 0.0362. The van der Waals surface area contributed by atoms with Crippen LogP contribution in [0.2, 0.25) is 0 Å². The van der Waals surface area contributed by atoms with Gasteiger partial charge in [-0.25, -0.2) is 0 Å². The van der Waals surface area contributed by atoms with Gasteiger partial charge in [0.2, 0.25) is 0 Å². The van der Waals surface area contributed by atoms with Gasteiger partial charge in [0.1, 0.15) is 6.61 Å². The smallest absolute Gasteiger partial charge is 0.161 e. The van der Waals surface area contributed by atoms with Crippen LogP contribution in [0.15, 0.2) is 36.3 Å². The molecule has 17 heavy (non-hydrogen) atoms. The summed E-state index contributed by atoms with van der Waals surface area (Å²) < 4.78 is 10.8. The predicted molar refractivity (Wildman–Crippen MR) is 72.6 cm³/mol. The second-order valence-electron chi connectivity index (χ2n) is 2.65. The lowest BCUT2D eigenvalue weighted by Crippen LogP contribution is -2.29. The van der Waals surface area contributed by atoms with Crippen LogP contribution in [-0.4, -0.2) is 24.4 Å². The Balaban J connectivity index is 0. The quantitative estimate of drug-likeness (QED) is 0.806. The number of hydrogen-bond donors (Lipinski definition) is 1. The zero-order chi connectivity index (χ0) is 13.7. The summed E-state index contributed by atoms with van der Waals surface area (Å²) in [6.45, 7) is 13.8. The second-order valence-corrected chi connectivity index (χ2v) is 2.65. The molecule has 0 aromatic heterocycles. The van der Waals surface area contributed by atoms with Crippen LogP contribution in [0.4, 0.5) is 0 Å². The summed E-state index contributed by atoms with van der Waals surface area (Å²) in [6, 6.07) is 0. The number of hydrogen-bond acceptors (Lipinski definition) is 3. The van der Waals surface area contributed by atoms with Gasteiger partial charge in [0, 0.05) is 0 Å². The van der Waals surface area contributed by atoms with Gasteiger partial charge in [-0.05, 0) is 19.1 Å². The Hall–Kier alpha value is -1.22. The largest absolute Gasteiger partial charge is 0.486 e. The van der Waals surface area contributed by atoms with Gasteiger partial charge >= 0.3 is 0 Å². The van der Waals surface area contributed by atoms with Crippen LogP contribution in [0.25, 0.3) is 0 Å². The maximum absolute atomic E-state index is 8.86. The average molecular weight is 242 g/mol. The molecular weight excluding hydrogens is 216 g/mol. The van der Waals surface area contributed by atoms with Gasteiger partial charge in [0.05, 0.1) is 6.61 Å². The number of aliphatic hydroxyl groups is 1. The molecule has 1 aliphatic rings. The number of aliphatic hydroxyl groups excluding tert-OH is 1. The maximum atomic E-state index is 8.86. The first-order chi connectivity index (χ1) is 8.31. The van der Waals surface area contributed by atoms with Gasteiger partial charge in [0.15, 0.2) is 17.6 Å². The predicted octanol–water partition coefficient (Wildman–Crippen LogP) is 3.42. The Morgan fingerprint density at radius 2 is 1.88 bits per heavy atom. The fourth-order valence-corrected chi connectivity index (χ4v) is 1.07. The first-order valence-electron chi connectivity index (χ1n) is 6.21. The Morgan fingerprint density at radius 1 is 1.29 bits per heavy atom. The van der Waals surface area contributed by atoms with Crippen molar-refractivity contribution >= 4 is 0 Å². The Morgan fingerprint density at radius 3 is 2.29 bits per heavy atom. The van der Waals surface area contributed by atoms with E-state index in [2.05, 4.69) is 6.58 Å². The number of allylic oxidation sites excluding steroid dienone is 3. The van der Waals surface area contributed by atoms with E-state index in [1.165, 1.54) is 0 Å². The zero-order valence-electron chi connectivity index (χ0n) is 11.7. The van der Waals surface area contributed by atoms with Gasteiger partial charge in [-0.1, -0.05) is 40.3 Å². The van der Waals surface area contributed by atoms with Crippen LogP contribution >= 0.6 is 0 Å².